The normalized spacial score (nSPS) is 22.5. The molecule has 0 bridgehead atoms. The van der Waals surface area contributed by atoms with E-state index in [9.17, 15) is 5.11 Å². The first-order valence-corrected chi connectivity index (χ1v) is 6.02. The molecule has 5 heteroatoms. The van der Waals surface area contributed by atoms with Crippen molar-refractivity contribution in [3.63, 3.8) is 0 Å². The largest absolute Gasteiger partial charge is 0.396 e. The SMILES string of the molecule is OCCCNCC(O)COCC1CCCO1. The second-order valence-corrected chi connectivity index (χ2v) is 4.11. The maximum absolute atomic E-state index is 9.53. The molecule has 16 heavy (non-hydrogen) atoms. The summed E-state index contributed by atoms with van der Waals surface area (Å²) in [5.41, 5.74) is 0. The number of aliphatic hydroxyl groups excluding tert-OH is 2. The topological polar surface area (TPSA) is 71.0 Å². The molecular weight excluding hydrogens is 210 g/mol. The molecule has 0 amide bonds. The second-order valence-electron chi connectivity index (χ2n) is 4.11. The van der Waals surface area contributed by atoms with Crippen molar-refractivity contribution in [1.82, 2.24) is 5.32 Å². The van der Waals surface area contributed by atoms with Gasteiger partial charge in [0.05, 0.1) is 25.4 Å². The Bertz CT molecular complexity index is 162. The average molecular weight is 233 g/mol. The van der Waals surface area contributed by atoms with Crippen LogP contribution >= 0.6 is 0 Å². The van der Waals surface area contributed by atoms with Gasteiger partial charge in [0, 0.05) is 19.8 Å². The Morgan fingerprint density at radius 1 is 1.50 bits per heavy atom. The maximum atomic E-state index is 9.53. The molecule has 0 aromatic heterocycles. The fraction of sp³-hybridized carbons (Fsp3) is 1.00. The van der Waals surface area contributed by atoms with Crippen molar-refractivity contribution in [2.45, 2.75) is 31.5 Å². The zero-order valence-corrected chi connectivity index (χ0v) is 9.73. The van der Waals surface area contributed by atoms with E-state index in [2.05, 4.69) is 5.32 Å². The van der Waals surface area contributed by atoms with Gasteiger partial charge in [-0.3, -0.25) is 0 Å². The van der Waals surface area contributed by atoms with E-state index in [0.29, 0.717) is 26.2 Å². The molecule has 1 rings (SSSR count). The predicted octanol–water partition coefficient (Wildman–Crippen LogP) is -0.485. The van der Waals surface area contributed by atoms with Crippen LogP contribution in [-0.2, 0) is 9.47 Å². The Morgan fingerprint density at radius 2 is 2.38 bits per heavy atom. The van der Waals surface area contributed by atoms with Gasteiger partial charge in [-0.15, -0.1) is 0 Å². The van der Waals surface area contributed by atoms with Crippen LogP contribution in [0.2, 0.25) is 0 Å². The Morgan fingerprint density at radius 3 is 3.06 bits per heavy atom. The Balaban J connectivity index is 1.87. The van der Waals surface area contributed by atoms with Gasteiger partial charge in [-0.2, -0.15) is 0 Å². The van der Waals surface area contributed by atoms with Gasteiger partial charge in [-0.1, -0.05) is 0 Å². The van der Waals surface area contributed by atoms with Crippen LogP contribution in [0.15, 0.2) is 0 Å². The van der Waals surface area contributed by atoms with Gasteiger partial charge in [0.2, 0.25) is 0 Å². The molecule has 3 N–H and O–H groups in total. The van der Waals surface area contributed by atoms with Gasteiger partial charge >= 0.3 is 0 Å². The van der Waals surface area contributed by atoms with Gasteiger partial charge in [-0.25, -0.2) is 0 Å². The van der Waals surface area contributed by atoms with E-state index in [0.717, 1.165) is 26.0 Å². The molecule has 0 aliphatic carbocycles. The van der Waals surface area contributed by atoms with Gasteiger partial charge in [0.15, 0.2) is 0 Å². The zero-order valence-electron chi connectivity index (χ0n) is 9.73. The highest BCUT2D eigenvalue weighted by Gasteiger charge is 2.15. The minimum atomic E-state index is -0.486. The summed E-state index contributed by atoms with van der Waals surface area (Å²) >= 11 is 0. The highest BCUT2D eigenvalue weighted by atomic mass is 16.5. The smallest absolute Gasteiger partial charge is 0.0897 e. The molecule has 1 heterocycles. The van der Waals surface area contributed by atoms with Crippen LogP contribution in [-0.4, -0.2) is 61.9 Å². The Hall–Kier alpha value is -0.200. The predicted molar refractivity (Wildman–Crippen MR) is 60.4 cm³/mol. The van der Waals surface area contributed by atoms with E-state index < -0.39 is 6.10 Å². The summed E-state index contributed by atoms with van der Waals surface area (Å²) in [6.45, 7) is 3.16. The molecule has 5 nitrogen and oxygen atoms in total. The third-order valence-corrected chi connectivity index (χ3v) is 2.53. The summed E-state index contributed by atoms with van der Waals surface area (Å²) in [6.07, 6.45) is 2.61. The van der Waals surface area contributed by atoms with E-state index >= 15 is 0 Å². The van der Waals surface area contributed by atoms with E-state index in [4.69, 9.17) is 14.6 Å². The van der Waals surface area contributed by atoms with Crippen LogP contribution in [0.3, 0.4) is 0 Å². The average Bonchev–Trinajstić information content (AvgIpc) is 2.77. The maximum Gasteiger partial charge on any atom is 0.0897 e. The Labute approximate surface area is 96.7 Å². The molecule has 96 valence electrons. The third-order valence-electron chi connectivity index (χ3n) is 2.53. The van der Waals surface area contributed by atoms with Crippen molar-refractivity contribution in [1.29, 1.82) is 0 Å². The van der Waals surface area contributed by atoms with E-state index in [1.807, 2.05) is 0 Å². The standard InChI is InChI=1S/C11H23NO4/c13-5-2-4-12-7-10(14)8-15-9-11-3-1-6-16-11/h10-14H,1-9H2. The minimum Gasteiger partial charge on any atom is -0.396 e. The number of ether oxygens (including phenoxy) is 2. The molecule has 1 aliphatic rings. The number of aliphatic hydroxyl groups is 2. The van der Waals surface area contributed by atoms with E-state index in [-0.39, 0.29) is 12.7 Å². The minimum absolute atomic E-state index is 0.179. The molecule has 2 unspecified atom stereocenters. The molecule has 0 aromatic carbocycles. The molecule has 2 atom stereocenters. The van der Waals surface area contributed by atoms with Crippen LogP contribution in [0.4, 0.5) is 0 Å². The molecule has 0 aromatic rings. The Kier molecular flexibility index (Phi) is 7.71. The van der Waals surface area contributed by atoms with Gasteiger partial charge in [0.25, 0.3) is 0 Å². The second kappa shape index (κ2) is 8.90. The quantitative estimate of drug-likeness (QED) is 0.469. The first-order valence-electron chi connectivity index (χ1n) is 6.02. The highest BCUT2D eigenvalue weighted by Crippen LogP contribution is 2.11. The molecule has 0 radical (unpaired) electrons. The first kappa shape index (κ1) is 13.9. The van der Waals surface area contributed by atoms with Crippen LogP contribution in [0, 0.1) is 0 Å². The third kappa shape index (κ3) is 6.40. The summed E-state index contributed by atoms with van der Waals surface area (Å²) < 4.78 is 10.8. The van der Waals surface area contributed by atoms with Crippen LogP contribution in [0.25, 0.3) is 0 Å². The van der Waals surface area contributed by atoms with Crippen LogP contribution in [0.5, 0.6) is 0 Å². The van der Waals surface area contributed by atoms with Crippen molar-refractivity contribution < 1.29 is 19.7 Å². The number of hydrogen-bond donors (Lipinski definition) is 3. The van der Waals surface area contributed by atoms with Crippen LogP contribution < -0.4 is 5.32 Å². The fourth-order valence-electron chi connectivity index (χ4n) is 1.64. The summed E-state index contributed by atoms with van der Waals surface area (Å²) in [7, 11) is 0. The van der Waals surface area contributed by atoms with Gasteiger partial charge in [0.1, 0.15) is 0 Å². The van der Waals surface area contributed by atoms with E-state index in [1.54, 1.807) is 0 Å². The highest BCUT2D eigenvalue weighted by molar-refractivity contribution is 4.64. The lowest BCUT2D eigenvalue weighted by Crippen LogP contribution is -2.32. The molecule has 1 fully saturated rings. The molecule has 1 aliphatic heterocycles. The zero-order chi connectivity index (χ0) is 11.6. The molecule has 0 spiro atoms. The summed E-state index contributed by atoms with van der Waals surface area (Å²) in [4.78, 5) is 0. The first-order chi connectivity index (χ1) is 7.83. The van der Waals surface area contributed by atoms with Gasteiger partial charge in [-0.05, 0) is 25.8 Å². The molecule has 0 saturated carbocycles. The fourth-order valence-corrected chi connectivity index (χ4v) is 1.64. The van der Waals surface area contributed by atoms with Crippen molar-refractivity contribution in [2.24, 2.45) is 0 Å². The molecular formula is C11H23NO4. The number of hydrogen-bond acceptors (Lipinski definition) is 5. The lowest BCUT2D eigenvalue weighted by Gasteiger charge is -2.14. The lowest BCUT2D eigenvalue weighted by atomic mass is 10.2. The van der Waals surface area contributed by atoms with Crippen molar-refractivity contribution in [3.05, 3.63) is 0 Å². The summed E-state index contributed by atoms with van der Waals surface area (Å²) in [5.74, 6) is 0. The number of nitrogens with one attached hydrogen (secondary N) is 1. The van der Waals surface area contributed by atoms with Crippen molar-refractivity contribution in [2.75, 3.05) is 39.5 Å². The van der Waals surface area contributed by atoms with Crippen molar-refractivity contribution >= 4 is 0 Å². The molecule has 1 saturated heterocycles. The summed E-state index contributed by atoms with van der Waals surface area (Å²) in [6, 6.07) is 0. The lowest BCUT2D eigenvalue weighted by molar-refractivity contribution is -0.0164. The van der Waals surface area contributed by atoms with E-state index in [1.165, 1.54) is 0 Å². The monoisotopic (exact) mass is 233 g/mol. The summed E-state index contributed by atoms with van der Waals surface area (Å²) in [5, 5.41) is 21.1. The number of rotatable bonds is 9. The van der Waals surface area contributed by atoms with Crippen LogP contribution in [0.1, 0.15) is 19.3 Å². The van der Waals surface area contributed by atoms with Gasteiger partial charge < -0.3 is 25.0 Å². The van der Waals surface area contributed by atoms with Crippen molar-refractivity contribution in [3.8, 4) is 0 Å².